The molecule has 2 saturated heterocycles. The molecule has 2 aromatic carbocycles. The molecule has 2 fully saturated rings. The van der Waals surface area contributed by atoms with Gasteiger partial charge in [0.2, 0.25) is 27.8 Å². The molecule has 0 bridgehead atoms. The molecule has 0 saturated carbocycles. The van der Waals surface area contributed by atoms with E-state index < -0.39 is 15.6 Å². The van der Waals surface area contributed by atoms with Gasteiger partial charge in [0.25, 0.3) is 0 Å². The lowest BCUT2D eigenvalue weighted by Crippen LogP contribution is -2.46. The topological polar surface area (TPSA) is 174 Å². The lowest BCUT2D eigenvalue weighted by atomic mass is 9.90. The maximum absolute atomic E-state index is 12.8. The van der Waals surface area contributed by atoms with E-state index in [4.69, 9.17) is 0 Å². The summed E-state index contributed by atoms with van der Waals surface area (Å²) in [5.41, 5.74) is 2.86. The van der Waals surface area contributed by atoms with Crippen molar-refractivity contribution in [3.05, 3.63) is 83.6 Å². The minimum Gasteiger partial charge on any atom is -0.353 e. The van der Waals surface area contributed by atoms with Gasteiger partial charge >= 0.3 is 0 Å². The quantitative estimate of drug-likeness (QED) is 0.176. The number of imide groups is 1. The molecule has 2 aliphatic heterocycles. The van der Waals surface area contributed by atoms with Crippen molar-refractivity contribution < 1.29 is 18.0 Å². The Labute approximate surface area is 292 Å². The van der Waals surface area contributed by atoms with Crippen LogP contribution in [0.3, 0.4) is 0 Å². The van der Waals surface area contributed by atoms with E-state index in [1.807, 2.05) is 31.2 Å². The van der Waals surface area contributed by atoms with Crippen molar-refractivity contribution in [2.45, 2.75) is 63.4 Å². The zero-order valence-electron chi connectivity index (χ0n) is 28.6. The number of hydrogen-bond donors (Lipinski definition) is 4. The molecule has 1 unspecified atom stereocenters. The molecule has 0 aliphatic carbocycles. The minimum absolute atomic E-state index is 0.151. The van der Waals surface area contributed by atoms with Gasteiger partial charge in [-0.2, -0.15) is 4.98 Å². The summed E-state index contributed by atoms with van der Waals surface area (Å²) < 4.78 is 28.4. The highest BCUT2D eigenvalue weighted by Crippen LogP contribution is 2.26. The van der Waals surface area contributed by atoms with Crippen LogP contribution >= 0.6 is 0 Å². The Kier molecular flexibility index (Phi) is 10.1. The molecule has 15 heteroatoms. The highest BCUT2D eigenvalue weighted by molar-refractivity contribution is 7.89. The molecule has 1 atom stereocenters. The van der Waals surface area contributed by atoms with E-state index in [1.54, 1.807) is 51.2 Å². The van der Waals surface area contributed by atoms with E-state index in [9.17, 15) is 18.0 Å². The SMILES string of the molecule is Cc1cnc(Nc2ccc(N3CCN(Cc4ccc(C5CCC(=O)NC5=O)cc4)CC3)nn2)nc1Nc1cccc(S(=O)(=O)NC(C)(C)C)c1. The largest absolute Gasteiger partial charge is 0.353 e. The third-order valence-electron chi connectivity index (χ3n) is 8.43. The number of aryl methyl sites for hydroxylation is 1. The average Bonchev–Trinajstić information content (AvgIpc) is 3.07. The molecule has 4 heterocycles. The number of rotatable bonds is 10. The first kappa shape index (κ1) is 34.9. The molecule has 50 heavy (non-hydrogen) atoms. The Balaban J connectivity index is 1.01. The first-order valence-corrected chi connectivity index (χ1v) is 18.0. The fourth-order valence-electron chi connectivity index (χ4n) is 5.90. The number of amides is 2. The summed E-state index contributed by atoms with van der Waals surface area (Å²) in [6.45, 7) is 11.4. The standard InChI is InChI=1S/C35H42N10O4S/c1-23-21-36-34(40-32(23)37-26-6-5-7-27(20-26)50(48,49)43-35(2,3)4)38-29-13-14-30(42-41-29)45-18-16-44(17-19-45)22-24-8-10-25(11-9-24)28-12-15-31(46)39-33(28)47/h5-11,13-14,20-21,28,43H,12,15-19,22H2,1-4H3,(H,39,46,47)(H2,36,37,38,40,41). The van der Waals surface area contributed by atoms with E-state index in [0.29, 0.717) is 36.1 Å². The van der Waals surface area contributed by atoms with Crippen LogP contribution in [-0.2, 0) is 26.2 Å². The summed E-state index contributed by atoms with van der Waals surface area (Å²) in [7, 11) is -3.70. The minimum atomic E-state index is -3.70. The molecule has 4 N–H and O–H groups in total. The second-order valence-corrected chi connectivity index (χ2v) is 15.3. The monoisotopic (exact) mass is 698 g/mol. The molecular formula is C35H42N10O4S. The molecule has 2 aromatic heterocycles. The van der Waals surface area contributed by atoms with Gasteiger partial charge in [-0.3, -0.25) is 19.8 Å². The number of piperazine rings is 1. The average molecular weight is 699 g/mol. The number of piperidine rings is 1. The van der Waals surface area contributed by atoms with Crippen LogP contribution in [0.1, 0.15) is 56.2 Å². The molecular weight excluding hydrogens is 657 g/mol. The van der Waals surface area contributed by atoms with Gasteiger partial charge in [-0.15, -0.1) is 10.2 Å². The summed E-state index contributed by atoms with van der Waals surface area (Å²) in [5, 5.41) is 17.6. The molecule has 4 aromatic rings. The van der Waals surface area contributed by atoms with Gasteiger partial charge in [0.15, 0.2) is 11.6 Å². The number of sulfonamides is 1. The zero-order chi connectivity index (χ0) is 35.5. The summed E-state index contributed by atoms with van der Waals surface area (Å²) in [5.74, 6) is 1.42. The number of nitrogens with zero attached hydrogens (tertiary/aromatic N) is 6. The first-order valence-electron chi connectivity index (χ1n) is 16.6. The number of nitrogens with one attached hydrogen (secondary N) is 4. The van der Waals surface area contributed by atoms with Crippen LogP contribution in [0.25, 0.3) is 0 Å². The van der Waals surface area contributed by atoms with Gasteiger partial charge in [0.1, 0.15) is 5.82 Å². The van der Waals surface area contributed by atoms with E-state index in [2.05, 4.69) is 62.8 Å². The maximum Gasteiger partial charge on any atom is 0.241 e. The first-order chi connectivity index (χ1) is 23.8. The van der Waals surface area contributed by atoms with Crippen molar-refractivity contribution in [2.75, 3.05) is 41.7 Å². The third kappa shape index (κ3) is 8.77. The lowest BCUT2D eigenvalue weighted by molar-refractivity contribution is -0.134. The van der Waals surface area contributed by atoms with Crippen LogP contribution in [0.4, 0.5) is 29.1 Å². The lowest BCUT2D eigenvalue weighted by Gasteiger charge is -2.35. The van der Waals surface area contributed by atoms with E-state index in [0.717, 1.165) is 49.7 Å². The van der Waals surface area contributed by atoms with Crippen LogP contribution < -0.4 is 25.6 Å². The van der Waals surface area contributed by atoms with Gasteiger partial charge in [0.05, 0.1) is 10.8 Å². The number of anilines is 5. The molecule has 2 amide bonds. The van der Waals surface area contributed by atoms with Crippen molar-refractivity contribution in [2.24, 2.45) is 0 Å². The summed E-state index contributed by atoms with van der Waals surface area (Å²) >= 11 is 0. The molecule has 2 aliphatic rings. The predicted molar refractivity (Wildman–Crippen MR) is 191 cm³/mol. The van der Waals surface area contributed by atoms with E-state index >= 15 is 0 Å². The molecule has 262 valence electrons. The van der Waals surface area contributed by atoms with Crippen molar-refractivity contribution >= 4 is 50.9 Å². The van der Waals surface area contributed by atoms with Gasteiger partial charge in [-0.1, -0.05) is 30.3 Å². The Bertz CT molecular complexity index is 1960. The smallest absolute Gasteiger partial charge is 0.241 e. The Morgan fingerprint density at radius 3 is 2.38 bits per heavy atom. The zero-order valence-corrected chi connectivity index (χ0v) is 29.4. The van der Waals surface area contributed by atoms with Crippen LogP contribution in [0.15, 0.2) is 71.8 Å². The summed E-state index contributed by atoms with van der Waals surface area (Å²) in [6, 6.07) is 18.5. The molecule has 6 rings (SSSR count). The van der Waals surface area contributed by atoms with Gasteiger partial charge in [0, 0.05) is 62.1 Å². The number of benzene rings is 2. The van der Waals surface area contributed by atoms with Crippen molar-refractivity contribution in [3.8, 4) is 0 Å². The third-order valence-corrected chi connectivity index (χ3v) is 10.2. The number of hydrogen-bond acceptors (Lipinski definition) is 12. The number of carbonyl (C=O) groups excluding carboxylic acids is 2. The van der Waals surface area contributed by atoms with Gasteiger partial charge in [-0.05, 0) is 75.6 Å². The highest BCUT2D eigenvalue weighted by atomic mass is 32.2. The van der Waals surface area contributed by atoms with Crippen LogP contribution in [-0.4, -0.2) is 77.0 Å². The second kappa shape index (κ2) is 14.5. The fraction of sp³-hybridized carbons (Fsp3) is 0.371. The normalized spacial score (nSPS) is 17.4. The summed E-state index contributed by atoms with van der Waals surface area (Å²) in [6.07, 6.45) is 2.60. The van der Waals surface area contributed by atoms with Crippen molar-refractivity contribution in [1.29, 1.82) is 0 Å². The van der Waals surface area contributed by atoms with E-state index in [1.165, 1.54) is 5.56 Å². The van der Waals surface area contributed by atoms with Gasteiger partial charge in [-0.25, -0.2) is 18.1 Å². The fourth-order valence-corrected chi connectivity index (χ4v) is 7.37. The van der Waals surface area contributed by atoms with Crippen LogP contribution in [0, 0.1) is 6.92 Å². The Hall–Kier alpha value is -4.99. The van der Waals surface area contributed by atoms with Crippen molar-refractivity contribution in [1.82, 2.24) is 35.1 Å². The molecule has 0 spiro atoms. The number of carbonyl (C=O) groups is 2. The Morgan fingerprint density at radius 1 is 0.940 bits per heavy atom. The van der Waals surface area contributed by atoms with Crippen molar-refractivity contribution in [3.63, 3.8) is 0 Å². The Morgan fingerprint density at radius 2 is 1.70 bits per heavy atom. The predicted octanol–water partition coefficient (Wildman–Crippen LogP) is 3.98. The highest BCUT2D eigenvalue weighted by Gasteiger charge is 2.28. The molecule has 0 radical (unpaired) electrons. The number of aromatic nitrogens is 4. The second-order valence-electron chi connectivity index (χ2n) is 13.6. The van der Waals surface area contributed by atoms with Crippen LogP contribution in [0.5, 0.6) is 0 Å². The molecule has 14 nitrogen and oxygen atoms in total. The van der Waals surface area contributed by atoms with E-state index in [-0.39, 0.29) is 22.6 Å². The van der Waals surface area contributed by atoms with Crippen LogP contribution in [0.2, 0.25) is 0 Å². The maximum atomic E-state index is 12.8. The van der Waals surface area contributed by atoms with Gasteiger partial charge < -0.3 is 15.5 Å². The summed E-state index contributed by atoms with van der Waals surface area (Å²) in [4.78, 5) is 37.4.